The Morgan fingerprint density at radius 1 is 1.69 bits per heavy atom. The lowest BCUT2D eigenvalue weighted by Crippen LogP contribution is -2.42. The molecule has 0 aromatic carbocycles. The average Bonchev–Trinajstić information content (AvgIpc) is 2.71. The van der Waals surface area contributed by atoms with Crippen LogP contribution in [0.25, 0.3) is 0 Å². The third-order valence-corrected chi connectivity index (χ3v) is 3.25. The highest BCUT2D eigenvalue weighted by Crippen LogP contribution is 2.18. The predicted molar refractivity (Wildman–Crippen MR) is 62.6 cm³/mol. The van der Waals surface area contributed by atoms with Crippen molar-refractivity contribution in [2.75, 3.05) is 19.6 Å². The summed E-state index contributed by atoms with van der Waals surface area (Å²) in [6, 6.07) is 2.44. The molecule has 16 heavy (non-hydrogen) atoms. The lowest BCUT2D eigenvalue weighted by molar-refractivity contribution is -0.135. The molecular formula is C12H21N3O. The van der Waals surface area contributed by atoms with E-state index in [0.29, 0.717) is 13.1 Å². The lowest BCUT2D eigenvalue weighted by atomic mass is 10.00. The van der Waals surface area contributed by atoms with Gasteiger partial charge in [0.1, 0.15) is 0 Å². The molecule has 4 nitrogen and oxygen atoms in total. The number of amides is 1. The Balaban J connectivity index is 2.59. The van der Waals surface area contributed by atoms with Gasteiger partial charge in [-0.1, -0.05) is 0 Å². The Bertz CT molecular complexity index is 284. The van der Waals surface area contributed by atoms with Crippen LogP contribution in [0.4, 0.5) is 0 Å². The molecule has 4 heteroatoms. The van der Waals surface area contributed by atoms with Crippen LogP contribution < -0.4 is 5.32 Å². The minimum absolute atomic E-state index is 0.0887. The number of nitriles is 1. The Morgan fingerprint density at radius 2 is 2.38 bits per heavy atom. The monoisotopic (exact) mass is 223 g/mol. The maximum absolute atomic E-state index is 12.2. The first-order chi connectivity index (χ1) is 7.60. The Morgan fingerprint density at radius 3 is 2.81 bits per heavy atom. The predicted octanol–water partition coefficient (Wildman–Crippen LogP) is 0.993. The van der Waals surface area contributed by atoms with Crippen molar-refractivity contribution in [3.8, 4) is 6.07 Å². The van der Waals surface area contributed by atoms with Crippen molar-refractivity contribution in [3.63, 3.8) is 0 Å². The average molecular weight is 223 g/mol. The molecule has 0 aromatic rings. The smallest absolute Gasteiger partial charge is 0.227 e. The molecule has 1 heterocycles. The van der Waals surface area contributed by atoms with Gasteiger partial charge < -0.3 is 10.2 Å². The molecule has 0 aliphatic carbocycles. The first kappa shape index (κ1) is 13.0. The minimum Gasteiger partial charge on any atom is -0.341 e. The lowest BCUT2D eigenvalue weighted by Gasteiger charge is -2.26. The van der Waals surface area contributed by atoms with E-state index in [-0.39, 0.29) is 23.8 Å². The van der Waals surface area contributed by atoms with E-state index in [4.69, 9.17) is 5.26 Å². The summed E-state index contributed by atoms with van der Waals surface area (Å²) in [5.74, 6) is 0.196. The highest BCUT2D eigenvalue weighted by atomic mass is 16.2. The molecule has 0 saturated carbocycles. The molecule has 1 N–H and O–H groups in total. The topological polar surface area (TPSA) is 56.1 Å². The fourth-order valence-electron chi connectivity index (χ4n) is 2.18. The molecule has 0 bridgehead atoms. The van der Waals surface area contributed by atoms with Gasteiger partial charge in [0.15, 0.2) is 0 Å². The summed E-state index contributed by atoms with van der Waals surface area (Å²) in [7, 11) is 0. The van der Waals surface area contributed by atoms with Crippen molar-refractivity contribution < 1.29 is 4.79 Å². The molecule has 3 atom stereocenters. The second-order valence-electron chi connectivity index (χ2n) is 4.54. The van der Waals surface area contributed by atoms with Crippen molar-refractivity contribution in [1.82, 2.24) is 10.2 Å². The fraction of sp³-hybridized carbons (Fsp3) is 0.833. The summed E-state index contributed by atoms with van der Waals surface area (Å²) in [5, 5.41) is 12.1. The van der Waals surface area contributed by atoms with Gasteiger partial charge in [0.2, 0.25) is 5.91 Å². The van der Waals surface area contributed by atoms with Crippen LogP contribution in [0.5, 0.6) is 0 Å². The minimum atomic E-state index is -0.0893. The maximum atomic E-state index is 12.2. The SMILES string of the molecule is CCN(CC(C)C#N)C(=O)C1CCNC1C. The Hall–Kier alpha value is -1.08. The van der Waals surface area contributed by atoms with Gasteiger partial charge in [0, 0.05) is 19.1 Å². The van der Waals surface area contributed by atoms with Crippen molar-refractivity contribution in [3.05, 3.63) is 0 Å². The van der Waals surface area contributed by atoms with E-state index in [1.54, 1.807) is 0 Å². The molecule has 0 radical (unpaired) electrons. The number of carbonyl (C=O) groups excluding carboxylic acids is 1. The van der Waals surface area contributed by atoms with Gasteiger partial charge in [0.05, 0.1) is 17.9 Å². The van der Waals surface area contributed by atoms with Gasteiger partial charge in [-0.05, 0) is 33.7 Å². The standard InChI is InChI=1S/C12H21N3O/c1-4-15(8-9(2)7-13)12(16)11-5-6-14-10(11)3/h9-11,14H,4-6,8H2,1-3H3. The molecule has 0 spiro atoms. The summed E-state index contributed by atoms with van der Waals surface area (Å²) in [6.07, 6.45) is 0.914. The Kier molecular flexibility index (Phi) is 4.75. The number of hydrogen-bond donors (Lipinski definition) is 1. The van der Waals surface area contributed by atoms with Crippen LogP contribution >= 0.6 is 0 Å². The normalized spacial score (nSPS) is 26.1. The second-order valence-corrected chi connectivity index (χ2v) is 4.54. The maximum Gasteiger partial charge on any atom is 0.227 e. The summed E-state index contributed by atoms with van der Waals surface area (Å²) in [4.78, 5) is 14.0. The summed E-state index contributed by atoms with van der Waals surface area (Å²) in [6.45, 7) is 8.03. The van der Waals surface area contributed by atoms with Crippen molar-refractivity contribution in [2.24, 2.45) is 11.8 Å². The molecule has 1 rings (SSSR count). The van der Waals surface area contributed by atoms with Gasteiger partial charge in [-0.2, -0.15) is 5.26 Å². The zero-order valence-corrected chi connectivity index (χ0v) is 10.4. The van der Waals surface area contributed by atoms with E-state index >= 15 is 0 Å². The van der Waals surface area contributed by atoms with Crippen LogP contribution in [0.15, 0.2) is 0 Å². The number of rotatable bonds is 4. The Labute approximate surface area is 97.6 Å². The molecule has 0 aromatic heterocycles. The van der Waals surface area contributed by atoms with Crippen LogP contribution in [-0.4, -0.2) is 36.5 Å². The first-order valence-electron chi connectivity index (χ1n) is 6.02. The van der Waals surface area contributed by atoms with Gasteiger partial charge in [-0.3, -0.25) is 4.79 Å². The molecule has 90 valence electrons. The molecule has 1 saturated heterocycles. The number of carbonyl (C=O) groups is 1. The van der Waals surface area contributed by atoms with Crippen LogP contribution in [0.3, 0.4) is 0 Å². The van der Waals surface area contributed by atoms with E-state index in [1.807, 2.05) is 18.7 Å². The third-order valence-electron chi connectivity index (χ3n) is 3.25. The van der Waals surface area contributed by atoms with Crippen LogP contribution in [0.2, 0.25) is 0 Å². The zero-order chi connectivity index (χ0) is 12.1. The van der Waals surface area contributed by atoms with Crippen LogP contribution in [-0.2, 0) is 4.79 Å². The molecule has 1 amide bonds. The van der Waals surface area contributed by atoms with E-state index < -0.39 is 0 Å². The molecule has 1 aliphatic rings. The van der Waals surface area contributed by atoms with Gasteiger partial charge in [0.25, 0.3) is 0 Å². The largest absolute Gasteiger partial charge is 0.341 e. The number of hydrogen-bond acceptors (Lipinski definition) is 3. The van der Waals surface area contributed by atoms with Gasteiger partial charge >= 0.3 is 0 Å². The van der Waals surface area contributed by atoms with Crippen molar-refractivity contribution in [2.45, 2.75) is 33.2 Å². The van der Waals surface area contributed by atoms with E-state index in [1.165, 1.54) is 0 Å². The van der Waals surface area contributed by atoms with Gasteiger partial charge in [-0.25, -0.2) is 0 Å². The van der Waals surface area contributed by atoms with Gasteiger partial charge in [-0.15, -0.1) is 0 Å². The highest BCUT2D eigenvalue weighted by molar-refractivity contribution is 5.80. The molecular weight excluding hydrogens is 202 g/mol. The quantitative estimate of drug-likeness (QED) is 0.773. The van der Waals surface area contributed by atoms with E-state index in [0.717, 1.165) is 13.0 Å². The number of nitrogens with zero attached hydrogens (tertiary/aromatic N) is 2. The molecule has 1 fully saturated rings. The molecule has 3 unspecified atom stereocenters. The third kappa shape index (κ3) is 2.96. The van der Waals surface area contributed by atoms with Crippen LogP contribution in [0.1, 0.15) is 27.2 Å². The van der Waals surface area contributed by atoms with E-state index in [2.05, 4.69) is 18.3 Å². The first-order valence-corrected chi connectivity index (χ1v) is 6.02. The van der Waals surface area contributed by atoms with Crippen molar-refractivity contribution in [1.29, 1.82) is 5.26 Å². The van der Waals surface area contributed by atoms with Crippen molar-refractivity contribution >= 4 is 5.91 Å². The molecule has 1 aliphatic heterocycles. The van der Waals surface area contributed by atoms with E-state index in [9.17, 15) is 4.79 Å². The summed E-state index contributed by atoms with van der Waals surface area (Å²) >= 11 is 0. The zero-order valence-electron chi connectivity index (χ0n) is 10.4. The highest BCUT2D eigenvalue weighted by Gasteiger charge is 2.32. The number of nitrogens with one attached hydrogen (secondary N) is 1. The second kappa shape index (κ2) is 5.86. The summed E-state index contributed by atoms with van der Waals surface area (Å²) in [5.41, 5.74) is 0. The summed E-state index contributed by atoms with van der Waals surface area (Å²) < 4.78 is 0. The van der Waals surface area contributed by atoms with Crippen LogP contribution in [0, 0.1) is 23.2 Å². The fourth-order valence-corrected chi connectivity index (χ4v) is 2.18.